The van der Waals surface area contributed by atoms with Crippen molar-refractivity contribution in [2.45, 2.75) is 39.1 Å². The summed E-state index contributed by atoms with van der Waals surface area (Å²) in [4.78, 5) is 0. The van der Waals surface area contributed by atoms with Gasteiger partial charge in [-0.05, 0) is 20.8 Å². The third kappa shape index (κ3) is 9.40. The van der Waals surface area contributed by atoms with Gasteiger partial charge >= 0.3 is 20.5 Å². The van der Waals surface area contributed by atoms with Crippen molar-refractivity contribution in [3.05, 3.63) is 0 Å². The van der Waals surface area contributed by atoms with E-state index in [4.69, 9.17) is 0 Å². The fourth-order valence-electron chi connectivity index (χ4n) is 0.645. The molecular formula is C6H9F6O4P. The van der Waals surface area contributed by atoms with Gasteiger partial charge in [0.15, 0.2) is 0 Å². The molecule has 0 aliphatic carbocycles. The number of hydrogen-bond donors (Lipinski definition) is 0. The molecule has 0 aliphatic heterocycles. The molecule has 0 saturated heterocycles. The summed E-state index contributed by atoms with van der Waals surface area (Å²) in [6.45, 7) is 3.25. The van der Waals surface area contributed by atoms with Gasteiger partial charge in [0, 0.05) is 0 Å². The van der Waals surface area contributed by atoms with Crippen molar-refractivity contribution in [3.8, 4) is 0 Å². The van der Waals surface area contributed by atoms with Gasteiger partial charge in [-0.1, -0.05) is 0 Å². The number of phosphoric acid groups is 1. The molecule has 0 rings (SSSR count). The van der Waals surface area contributed by atoms with Crippen molar-refractivity contribution in [1.29, 1.82) is 0 Å². The molecule has 0 aliphatic rings. The van der Waals surface area contributed by atoms with E-state index in [1.165, 1.54) is 0 Å². The Balaban J connectivity index is 5.03. The zero-order valence-electron chi connectivity index (χ0n) is 8.85. The lowest BCUT2D eigenvalue weighted by Gasteiger charge is -2.26. The Bertz CT molecular complexity index is 256. The first-order valence-electron chi connectivity index (χ1n) is 3.98. The van der Waals surface area contributed by atoms with Crippen LogP contribution in [0.2, 0.25) is 0 Å². The number of hydrogen-bond acceptors (Lipinski definition) is 4. The zero-order chi connectivity index (χ0) is 14.1. The molecule has 17 heavy (non-hydrogen) atoms. The van der Waals surface area contributed by atoms with E-state index in [-0.39, 0.29) is 0 Å². The Morgan fingerprint density at radius 2 is 1.06 bits per heavy atom. The average molecular weight is 290 g/mol. The van der Waals surface area contributed by atoms with E-state index in [2.05, 4.69) is 13.6 Å². The molecule has 11 heteroatoms. The summed E-state index contributed by atoms with van der Waals surface area (Å²) in [6, 6.07) is 0. The molecule has 0 heterocycles. The first-order valence-corrected chi connectivity index (χ1v) is 5.44. The molecule has 0 N–H and O–H groups in total. The Kier molecular flexibility index (Phi) is 4.67. The van der Waals surface area contributed by atoms with E-state index in [0.29, 0.717) is 0 Å². The van der Waals surface area contributed by atoms with Crippen LogP contribution in [0, 0.1) is 0 Å². The zero-order valence-corrected chi connectivity index (χ0v) is 9.74. The fraction of sp³-hybridized carbons (Fsp3) is 1.00. The van der Waals surface area contributed by atoms with Crippen molar-refractivity contribution in [1.82, 2.24) is 0 Å². The minimum Gasteiger partial charge on any atom is -0.281 e. The van der Waals surface area contributed by atoms with Crippen LogP contribution in [0.5, 0.6) is 0 Å². The lowest BCUT2D eigenvalue weighted by molar-refractivity contribution is -0.317. The standard InChI is InChI=1S/C6H9F6O4P/c1-4(2,3)14-17(13,15-5(7,8)9)16-6(10,11)12/h1-3H3. The number of alkyl halides is 6. The molecule has 0 aromatic heterocycles. The van der Waals surface area contributed by atoms with Crippen LogP contribution in [0.1, 0.15) is 20.8 Å². The van der Waals surface area contributed by atoms with Gasteiger partial charge in [-0.15, -0.1) is 26.3 Å². The minimum atomic E-state index is -5.83. The highest BCUT2D eigenvalue weighted by Crippen LogP contribution is 2.59. The Labute approximate surface area is 92.4 Å². The van der Waals surface area contributed by atoms with Crippen molar-refractivity contribution in [2.24, 2.45) is 0 Å². The first kappa shape index (κ1) is 16.7. The first-order chi connectivity index (χ1) is 7.12. The summed E-state index contributed by atoms with van der Waals surface area (Å²) >= 11 is 0. The largest absolute Gasteiger partial charge is 0.531 e. The second-order valence-corrected chi connectivity index (χ2v) is 5.17. The van der Waals surface area contributed by atoms with Gasteiger partial charge in [0.1, 0.15) is 0 Å². The Morgan fingerprint density at radius 3 is 1.24 bits per heavy atom. The summed E-state index contributed by atoms with van der Waals surface area (Å²) in [7, 11) is -5.83. The van der Waals surface area contributed by atoms with Crippen LogP contribution in [0.25, 0.3) is 0 Å². The maximum atomic E-state index is 11.8. The van der Waals surface area contributed by atoms with E-state index in [1.807, 2.05) is 0 Å². The third-order valence-electron chi connectivity index (χ3n) is 0.816. The summed E-state index contributed by atoms with van der Waals surface area (Å²) in [6.07, 6.45) is -11.2. The highest BCUT2D eigenvalue weighted by molar-refractivity contribution is 7.48. The summed E-state index contributed by atoms with van der Waals surface area (Å²) in [5, 5.41) is 0. The predicted molar refractivity (Wildman–Crippen MR) is 42.7 cm³/mol. The maximum Gasteiger partial charge on any atom is 0.531 e. The normalized spacial score (nSPS) is 15.1. The molecule has 0 atom stereocenters. The van der Waals surface area contributed by atoms with Crippen LogP contribution in [-0.2, 0) is 18.1 Å². The van der Waals surface area contributed by atoms with Gasteiger partial charge in [-0.3, -0.25) is 4.52 Å². The van der Waals surface area contributed by atoms with Crippen molar-refractivity contribution in [3.63, 3.8) is 0 Å². The minimum absolute atomic E-state index is 1.08. The molecule has 0 radical (unpaired) electrons. The van der Waals surface area contributed by atoms with Crippen molar-refractivity contribution in [2.75, 3.05) is 0 Å². The highest BCUT2D eigenvalue weighted by Gasteiger charge is 2.51. The van der Waals surface area contributed by atoms with E-state index < -0.39 is 26.1 Å². The molecule has 0 fully saturated rings. The highest BCUT2D eigenvalue weighted by atomic mass is 31.2. The SMILES string of the molecule is CC(C)(C)OP(=O)(OC(F)(F)F)OC(F)(F)F. The predicted octanol–water partition coefficient (Wildman–Crippen LogP) is 3.98. The fourth-order valence-corrected chi connectivity index (χ4v) is 1.93. The molecule has 0 unspecified atom stereocenters. The molecule has 0 bridgehead atoms. The molecule has 0 saturated carbocycles. The van der Waals surface area contributed by atoms with E-state index in [0.717, 1.165) is 20.8 Å². The molecule has 0 aromatic carbocycles. The second kappa shape index (κ2) is 4.75. The number of rotatable bonds is 3. The monoisotopic (exact) mass is 290 g/mol. The second-order valence-electron chi connectivity index (χ2n) is 3.72. The smallest absolute Gasteiger partial charge is 0.281 e. The van der Waals surface area contributed by atoms with Gasteiger partial charge in [0.2, 0.25) is 0 Å². The maximum absolute atomic E-state index is 11.8. The lowest BCUT2D eigenvalue weighted by atomic mass is 10.2. The van der Waals surface area contributed by atoms with Gasteiger partial charge < -0.3 is 0 Å². The average Bonchev–Trinajstić information content (AvgIpc) is 1.65. The summed E-state index contributed by atoms with van der Waals surface area (Å²) in [5.41, 5.74) is -1.59. The van der Waals surface area contributed by atoms with Crippen molar-refractivity contribution < 1.29 is 44.5 Å². The molecule has 0 amide bonds. The Morgan fingerprint density at radius 1 is 0.765 bits per heavy atom. The van der Waals surface area contributed by atoms with E-state index in [1.54, 1.807) is 0 Å². The van der Waals surface area contributed by atoms with Crippen LogP contribution >= 0.6 is 7.82 Å². The van der Waals surface area contributed by atoms with Crippen LogP contribution < -0.4 is 0 Å². The van der Waals surface area contributed by atoms with Gasteiger partial charge in [0.05, 0.1) is 5.60 Å². The molecule has 0 aromatic rings. The number of halogens is 6. The van der Waals surface area contributed by atoms with Crippen molar-refractivity contribution >= 4 is 7.82 Å². The summed E-state index contributed by atoms with van der Waals surface area (Å²) in [5.74, 6) is 0. The third-order valence-corrected chi connectivity index (χ3v) is 2.45. The van der Waals surface area contributed by atoms with Gasteiger partial charge in [-0.2, -0.15) is 9.05 Å². The van der Waals surface area contributed by atoms with E-state index in [9.17, 15) is 30.9 Å². The van der Waals surface area contributed by atoms with Gasteiger partial charge in [0.25, 0.3) is 0 Å². The molecule has 104 valence electrons. The quantitative estimate of drug-likeness (QED) is 0.582. The Hall–Kier alpha value is -0.310. The summed E-state index contributed by atoms with van der Waals surface area (Å²) < 4.78 is 91.4. The van der Waals surface area contributed by atoms with Crippen LogP contribution in [0.15, 0.2) is 0 Å². The number of phosphoric ester groups is 1. The van der Waals surface area contributed by atoms with Crippen LogP contribution in [-0.4, -0.2) is 18.3 Å². The molecule has 4 nitrogen and oxygen atoms in total. The van der Waals surface area contributed by atoms with Gasteiger partial charge in [-0.25, -0.2) is 4.57 Å². The van der Waals surface area contributed by atoms with Crippen LogP contribution in [0.3, 0.4) is 0 Å². The van der Waals surface area contributed by atoms with Crippen LogP contribution in [0.4, 0.5) is 26.3 Å². The molecule has 0 spiro atoms. The molecular weight excluding hydrogens is 281 g/mol. The lowest BCUT2D eigenvalue weighted by Crippen LogP contribution is -2.25. The topological polar surface area (TPSA) is 44.8 Å². The van der Waals surface area contributed by atoms with E-state index >= 15 is 0 Å².